The highest BCUT2D eigenvalue weighted by atomic mass is 19.4. The molecular formula is C23H20F3N3O6. The van der Waals surface area contributed by atoms with E-state index in [1.54, 1.807) is 48.5 Å². The zero-order chi connectivity index (χ0) is 25.4. The molecule has 0 bridgehead atoms. The van der Waals surface area contributed by atoms with Crippen molar-refractivity contribution in [2.45, 2.75) is 25.2 Å². The molecule has 1 heterocycles. The molecule has 0 aliphatic rings. The Morgan fingerprint density at radius 2 is 1.66 bits per heavy atom. The van der Waals surface area contributed by atoms with Gasteiger partial charge in [-0.05, 0) is 17.7 Å². The van der Waals surface area contributed by atoms with Crippen LogP contribution in [0.4, 0.5) is 18.0 Å². The maximum atomic E-state index is 13.2. The van der Waals surface area contributed by atoms with Crippen molar-refractivity contribution in [2.24, 2.45) is 0 Å². The normalized spacial score (nSPS) is 12.0. The first kappa shape index (κ1) is 25.3. The van der Waals surface area contributed by atoms with E-state index in [1.165, 1.54) is 12.1 Å². The van der Waals surface area contributed by atoms with Gasteiger partial charge in [-0.3, -0.25) is 9.59 Å². The number of nitrogens with zero attached hydrogens (tertiary/aromatic N) is 2. The van der Waals surface area contributed by atoms with Gasteiger partial charge < -0.3 is 19.9 Å². The van der Waals surface area contributed by atoms with Crippen molar-refractivity contribution in [3.8, 4) is 11.6 Å². The van der Waals surface area contributed by atoms with Crippen molar-refractivity contribution in [3.63, 3.8) is 0 Å². The van der Waals surface area contributed by atoms with E-state index < -0.39 is 54.7 Å². The minimum atomic E-state index is -4.77. The number of amides is 1. The third-order valence-electron chi connectivity index (χ3n) is 4.60. The summed E-state index contributed by atoms with van der Waals surface area (Å²) in [6.07, 6.45) is -6.59. The highest BCUT2D eigenvalue weighted by Crippen LogP contribution is 2.32. The number of halogens is 3. The summed E-state index contributed by atoms with van der Waals surface area (Å²) < 4.78 is 50.7. The predicted molar refractivity (Wildman–Crippen MR) is 115 cm³/mol. The van der Waals surface area contributed by atoms with E-state index in [1.807, 2.05) is 0 Å². The number of hydrogen-bond acceptors (Lipinski definition) is 6. The summed E-state index contributed by atoms with van der Waals surface area (Å²) in [6, 6.07) is 15.5. The molecule has 0 aliphatic heterocycles. The zero-order valence-electron chi connectivity index (χ0n) is 18.1. The van der Waals surface area contributed by atoms with Gasteiger partial charge in [0.05, 0.1) is 12.1 Å². The molecule has 0 aliphatic carbocycles. The van der Waals surface area contributed by atoms with Crippen LogP contribution in [-0.4, -0.2) is 45.4 Å². The molecule has 0 spiro atoms. The highest BCUT2D eigenvalue weighted by molar-refractivity contribution is 5.91. The number of carbonyl (C=O) groups is 3. The molecule has 0 saturated heterocycles. The Kier molecular flexibility index (Phi) is 8.08. The predicted octanol–water partition coefficient (Wildman–Crippen LogP) is 3.61. The summed E-state index contributed by atoms with van der Waals surface area (Å²) in [5.74, 6) is -2.67. The number of carboxylic acid groups (broad SMARTS) is 1. The highest BCUT2D eigenvalue weighted by Gasteiger charge is 2.36. The summed E-state index contributed by atoms with van der Waals surface area (Å²) in [5.41, 5.74) is -0.328. The van der Waals surface area contributed by atoms with Crippen LogP contribution in [0.5, 0.6) is 5.88 Å². The topological polar surface area (TPSA) is 120 Å². The number of aliphatic carboxylic acids is 1. The van der Waals surface area contributed by atoms with E-state index >= 15 is 0 Å². The second kappa shape index (κ2) is 11.2. The number of carboxylic acids is 1. The summed E-state index contributed by atoms with van der Waals surface area (Å²) >= 11 is 0. The summed E-state index contributed by atoms with van der Waals surface area (Å²) in [5, 5.41) is 14.8. The number of para-hydroxylation sites is 1. The van der Waals surface area contributed by atoms with Gasteiger partial charge in [0, 0.05) is 6.07 Å². The van der Waals surface area contributed by atoms with Crippen LogP contribution in [0.25, 0.3) is 5.69 Å². The number of alkyl carbamates (subject to hydrolysis) is 1. The lowest BCUT2D eigenvalue weighted by Gasteiger charge is -2.16. The molecular weight excluding hydrogens is 471 g/mol. The monoisotopic (exact) mass is 491 g/mol. The Balaban J connectivity index is 1.69. The van der Waals surface area contributed by atoms with Crippen LogP contribution in [0.3, 0.4) is 0 Å². The minimum Gasteiger partial charge on any atom is -0.481 e. The van der Waals surface area contributed by atoms with Gasteiger partial charge >= 0.3 is 18.2 Å². The molecule has 9 nitrogen and oxygen atoms in total. The fourth-order valence-electron chi connectivity index (χ4n) is 2.93. The fourth-order valence-corrected chi connectivity index (χ4v) is 2.93. The maximum Gasteiger partial charge on any atom is 0.435 e. The molecule has 1 aromatic heterocycles. The first-order chi connectivity index (χ1) is 16.6. The van der Waals surface area contributed by atoms with Crippen molar-refractivity contribution in [1.29, 1.82) is 0 Å². The second-order valence-corrected chi connectivity index (χ2v) is 7.22. The lowest BCUT2D eigenvalue weighted by molar-refractivity contribution is -0.141. The van der Waals surface area contributed by atoms with Gasteiger partial charge in [0.25, 0.3) is 0 Å². The molecule has 1 atom stereocenters. The molecule has 2 N–H and O–H groups in total. The van der Waals surface area contributed by atoms with Crippen molar-refractivity contribution in [2.75, 3.05) is 6.61 Å². The number of hydrogen-bond donors (Lipinski definition) is 2. The van der Waals surface area contributed by atoms with Gasteiger partial charge in [-0.25, -0.2) is 9.48 Å². The fraction of sp³-hybridized carbons (Fsp3) is 0.217. The van der Waals surface area contributed by atoms with E-state index in [9.17, 15) is 27.6 Å². The van der Waals surface area contributed by atoms with E-state index in [0.29, 0.717) is 11.6 Å². The first-order valence-electron chi connectivity index (χ1n) is 10.2. The lowest BCUT2D eigenvalue weighted by atomic mass is 10.1. The van der Waals surface area contributed by atoms with Crippen LogP contribution in [0.15, 0.2) is 66.7 Å². The zero-order valence-corrected chi connectivity index (χ0v) is 18.1. The SMILES string of the molecule is O=C(O)C[C@H](NC(=O)OCc1ccccc1)C(=O)COc1cc(C(F)(F)F)nn1-c1ccccc1. The molecule has 0 fully saturated rings. The van der Waals surface area contributed by atoms with Gasteiger partial charge in [-0.1, -0.05) is 48.5 Å². The molecule has 0 saturated carbocycles. The quantitative estimate of drug-likeness (QED) is 0.445. The number of Topliss-reactive ketones (excluding diaryl/α,β-unsaturated/α-hetero) is 1. The summed E-state index contributed by atoms with van der Waals surface area (Å²) in [4.78, 5) is 35.9. The minimum absolute atomic E-state index is 0.117. The van der Waals surface area contributed by atoms with Crippen molar-refractivity contribution in [3.05, 3.63) is 78.0 Å². The van der Waals surface area contributed by atoms with Crippen LogP contribution in [0.2, 0.25) is 0 Å². The largest absolute Gasteiger partial charge is 0.481 e. The Hall–Kier alpha value is -4.35. The number of benzene rings is 2. The van der Waals surface area contributed by atoms with Gasteiger partial charge in [0.2, 0.25) is 5.88 Å². The number of alkyl halides is 3. The van der Waals surface area contributed by atoms with Crippen LogP contribution >= 0.6 is 0 Å². The molecule has 3 aromatic rings. The van der Waals surface area contributed by atoms with Gasteiger partial charge in [-0.2, -0.15) is 18.3 Å². The third kappa shape index (κ3) is 7.32. The Morgan fingerprint density at radius 3 is 2.26 bits per heavy atom. The molecule has 2 aromatic carbocycles. The Morgan fingerprint density at radius 1 is 1.03 bits per heavy atom. The average Bonchev–Trinajstić information content (AvgIpc) is 3.27. The van der Waals surface area contributed by atoms with Crippen molar-refractivity contribution < 1.29 is 42.1 Å². The Labute approximate surface area is 197 Å². The number of aromatic nitrogens is 2. The lowest BCUT2D eigenvalue weighted by Crippen LogP contribution is -2.44. The number of ketones is 1. The van der Waals surface area contributed by atoms with Gasteiger partial charge in [-0.15, -0.1) is 0 Å². The van der Waals surface area contributed by atoms with Crippen molar-refractivity contribution >= 4 is 17.8 Å². The molecule has 35 heavy (non-hydrogen) atoms. The average molecular weight is 491 g/mol. The van der Waals surface area contributed by atoms with Crippen LogP contribution in [0.1, 0.15) is 17.7 Å². The van der Waals surface area contributed by atoms with E-state index in [0.717, 1.165) is 4.68 Å². The van der Waals surface area contributed by atoms with Crippen LogP contribution in [0, 0.1) is 0 Å². The molecule has 12 heteroatoms. The third-order valence-corrected chi connectivity index (χ3v) is 4.60. The van der Waals surface area contributed by atoms with Crippen LogP contribution < -0.4 is 10.1 Å². The molecule has 3 rings (SSSR count). The maximum absolute atomic E-state index is 13.2. The molecule has 0 unspecified atom stereocenters. The van der Waals surface area contributed by atoms with Gasteiger partial charge in [0.1, 0.15) is 12.6 Å². The summed E-state index contributed by atoms with van der Waals surface area (Å²) in [6.45, 7) is -0.944. The van der Waals surface area contributed by atoms with Gasteiger partial charge in [0.15, 0.2) is 18.1 Å². The number of carbonyl (C=O) groups excluding carboxylic acids is 2. The van der Waals surface area contributed by atoms with E-state index in [-0.39, 0.29) is 12.3 Å². The van der Waals surface area contributed by atoms with E-state index in [4.69, 9.17) is 14.6 Å². The number of rotatable bonds is 10. The van der Waals surface area contributed by atoms with Crippen LogP contribution in [-0.2, 0) is 27.1 Å². The number of nitrogens with one attached hydrogen (secondary N) is 1. The second-order valence-electron chi connectivity index (χ2n) is 7.22. The smallest absolute Gasteiger partial charge is 0.435 e. The van der Waals surface area contributed by atoms with E-state index in [2.05, 4.69) is 10.4 Å². The first-order valence-corrected chi connectivity index (χ1v) is 10.2. The van der Waals surface area contributed by atoms with Crippen molar-refractivity contribution in [1.82, 2.24) is 15.1 Å². The number of ether oxygens (including phenoxy) is 2. The Bertz CT molecular complexity index is 1170. The molecule has 184 valence electrons. The molecule has 0 radical (unpaired) electrons. The summed E-state index contributed by atoms with van der Waals surface area (Å²) in [7, 11) is 0. The molecule has 1 amide bonds. The standard InChI is InChI=1S/C23H20F3N3O6/c24-23(25,26)19-12-20(29(28-19)16-9-5-2-6-10-16)34-14-18(30)17(11-21(31)32)27-22(33)35-13-15-7-3-1-4-8-15/h1-10,12,17H,11,13-14H2,(H,27,33)(H,31,32)/t17-/m0/s1.